The van der Waals surface area contributed by atoms with Gasteiger partial charge in [-0.1, -0.05) is 0 Å². The van der Waals surface area contributed by atoms with Crippen molar-refractivity contribution >= 4 is 11.8 Å². The first-order valence-corrected chi connectivity index (χ1v) is 9.77. The van der Waals surface area contributed by atoms with E-state index < -0.39 is 11.8 Å². The van der Waals surface area contributed by atoms with Crippen molar-refractivity contribution in [3.05, 3.63) is 76.9 Å². The molecule has 2 amide bonds. The molecule has 1 heterocycles. The maximum Gasteiger partial charge on any atom is 0.290 e. The van der Waals surface area contributed by atoms with Crippen LogP contribution in [-0.4, -0.2) is 28.2 Å². The largest absolute Gasteiger partial charge is 0.494 e. The number of halogens is 1. The van der Waals surface area contributed by atoms with Crippen LogP contribution in [0.3, 0.4) is 0 Å². The Balaban J connectivity index is 1.48. The van der Waals surface area contributed by atoms with Gasteiger partial charge in [-0.15, -0.1) is 0 Å². The van der Waals surface area contributed by atoms with E-state index in [-0.39, 0.29) is 11.5 Å². The van der Waals surface area contributed by atoms with Crippen LogP contribution >= 0.6 is 0 Å². The van der Waals surface area contributed by atoms with Crippen LogP contribution in [0.2, 0.25) is 0 Å². The fourth-order valence-electron chi connectivity index (χ4n) is 3.53. The van der Waals surface area contributed by atoms with Crippen molar-refractivity contribution in [2.75, 3.05) is 6.61 Å². The van der Waals surface area contributed by atoms with Crippen LogP contribution in [0.25, 0.3) is 5.69 Å². The average Bonchev–Trinajstić information content (AvgIpc) is 3.36. The predicted molar refractivity (Wildman–Crippen MR) is 108 cm³/mol. The van der Waals surface area contributed by atoms with Gasteiger partial charge in [0.05, 0.1) is 12.3 Å². The van der Waals surface area contributed by atoms with Gasteiger partial charge in [0, 0.05) is 16.8 Å². The third kappa shape index (κ3) is 3.89. The summed E-state index contributed by atoms with van der Waals surface area (Å²) in [6.45, 7) is 2.42. The molecule has 0 fully saturated rings. The second kappa shape index (κ2) is 8.36. The molecule has 0 atom stereocenters. The van der Waals surface area contributed by atoms with Gasteiger partial charge in [0.25, 0.3) is 11.8 Å². The average molecular weight is 408 g/mol. The molecule has 7 nitrogen and oxygen atoms in total. The second-order valence-electron chi connectivity index (χ2n) is 6.88. The zero-order chi connectivity index (χ0) is 21.1. The molecular weight excluding hydrogens is 387 g/mol. The van der Waals surface area contributed by atoms with Gasteiger partial charge in [0.1, 0.15) is 11.6 Å². The van der Waals surface area contributed by atoms with Gasteiger partial charge < -0.3 is 4.74 Å². The van der Waals surface area contributed by atoms with Crippen molar-refractivity contribution in [2.24, 2.45) is 0 Å². The summed E-state index contributed by atoms with van der Waals surface area (Å²) in [6, 6.07) is 12.6. The first-order valence-electron chi connectivity index (χ1n) is 9.77. The number of ether oxygens (including phenoxy) is 1. The number of fused-ring (bicyclic) bond motifs is 1. The van der Waals surface area contributed by atoms with E-state index in [1.165, 1.54) is 12.1 Å². The Morgan fingerprint density at radius 1 is 1.03 bits per heavy atom. The number of rotatable bonds is 5. The van der Waals surface area contributed by atoms with Crippen molar-refractivity contribution in [1.82, 2.24) is 20.6 Å². The highest BCUT2D eigenvalue weighted by Gasteiger charge is 2.27. The van der Waals surface area contributed by atoms with Crippen LogP contribution in [0.1, 0.15) is 45.4 Å². The Morgan fingerprint density at radius 3 is 2.43 bits per heavy atom. The number of nitrogens with zero attached hydrogens (tertiary/aromatic N) is 2. The van der Waals surface area contributed by atoms with Crippen molar-refractivity contribution in [3.8, 4) is 11.4 Å². The molecule has 154 valence electrons. The lowest BCUT2D eigenvalue weighted by atomic mass is 10.2. The molecule has 0 spiro atoms. The summed E-state index contributed by atoms with van der Waals surface area (Å²) in [5.41, 5.74) is 7.98. The minimum atomic E-state index is -0.492. The molecule has 0 radical (unpaired) electrons. The molecule has 4 rings (SSSR count). The third-order valence-electron chi connectivity index (χ3n) is 4.93. The molecule has 2 N–H and O–H groups in total. The van der Waals surface area contributed by atoms with Crippen molar-refractivity contribution in [1.29, 1.82) is 0 Å². The van der Waals surface area contributed by atoms with E-state index in [1.54, 1.807) is 41.1 Å². The molecule has 0 bridgehead atoms. The zero-order valence-corrected chi connectivity index (χ0v) is 16.4. The van der Waals surface area contributed by atoms with Crippen molar-refractivity contribution in [2.45, 2.75) is 26.2 Å². The van der Waals surface area contributed by atoms with Crippen LogP contribution in [0.4, 0.5) is 4.39 Å². The van der Waals surface area contributed by atoms with Gasteiger partial charge in [-0.25, -0.2) is 9.07 Å². The van der Waals surface area contributed by atoms with Crippen LogP contribution in [0.5, 0.6) is 5.75 Å². The van der Waals surface area contributed by atoms with Crippen molar-refractivity contribution in [3.63, 3.8) is 0 Å². The highest BCUT2D eigenvalue weighted by molar-refractivity contribution is 5.99. The SMILES string of the molecule is CCOc1ccc(C(=O)NNC(=O)c2nn(-c3ccc(F)cc3)c3c2CCC3)cc1. The Morgan fingerprint density at radius 2 is 1.73 bits per heavy atom. The monoisotopic (exact) mass is 408 g/mol. The van der Waals surface area contributed by atoms with Crippen LogP contribution in [0, 0.1) is 5.82 Å². The Kier molecular flexibility index (Phi) is 5.47. The summed E-state index contributed by atoms with van der Waals surface area (Å²) in [7, 11) is 0. The van der Waals surface area contributed by atoms with Gasteiger partial charge >= 0.3 is 0 Å². The lowest BCUT2D eigenvalue weighted by Gasteiger charge is -2.08. The highest BCUT2D eigenvalue weighted by Crippen LogP contribution is 2.27. The Bertz CT molecular complexity index is 1080. The van der Waals surface area contributed by atoms with E-state index in [1.807, 2.05) is 6.92 Å². The molecule has 1 aliphatic carbocycles. The standard InChI is InChI=1S/C22H21FN4O3/c1-2-30-17-12-6-14(7-13-17)21(28)24-25-22(29)20-18-4-3-5-19(18)27(26-20)16-10-8-15(23)9-11-16/h6-13H,2-5H2,1H3,(H,24,28)(H,25,29). The Labute approximate surface area is 172 Å². The summed E-state index contributed by atoms with van der Waals surface area (Å²) in [6.07, 6.45) is 2.42. The summed E-state index contributed by atoms with van der Waals surface area (Å²) < 4.78 is 20.3. The second-order valence-corrected chi connectivity index (χ2v) is 6.88. The molecule has 1 aliphatic rings. The van der Waals surface area contributed by atoms with E-state index in [4.69, 9.17) is 4.74 Å². The van der Waals surface area contributed by atoms with Gasteiger partial charge in [-0.3, -0.25) is 20.4 Å². The number of aromatic nitrogens is 2. The van der Waals surface area contributed by atoms with Crippen LogP contribution in [-0.2, 0) is 12.8 Å². The molecule has 0 aliphatic heterocycles. The maximum atomic E-state index is 13.2. The summed E-state index contributed by atoms with van der Waals surface area (Å²) in [5, 5.41) is 4.43. The fourth-order valence-corrected chi connectivity index (χ4v) is 3.53. The number of benzene rings is 2. The molecule has 30 heavy (non-hydrogen) atoms. The smallest absolute Gasteiger partial charge is 0.290 e. The van der Waals surface area contributed by atoms with E-state index in [0.29, 0.717) is 23.6 Å². The van der Waals surface area contributed by atoms with E-state index in [9.17, 15) is 14.0 Å². The molecule has 0 saturated carbocycles. The maximum absolute atomic E-state index is 13.2. The predicted octanol–water partition coefficient (Wildman–Crippen LogP) is 2.97. The number of amides is 2. The van der Waals surface area contributed by atoms with E-state index in [2.05, 4.69) is 16.0 Å². The number of nitrogens with one attached hydrogen (secondary N) is 2. The minimum Gasteiger partial charge on any atom is -0.494 e. The number of hydrogen-bond donors (Lipinski definition) is 2. The first-order chi connectivity index (χ1) is 14.6. The summed E-state index contributed by atoms with van der Waals surface area (Å²) in [4.78, 5) is 25.0. The van der Waals surface area contributed by atoms with Crippen LogP contribution < -0.4 is 15.6 Å². The van der Waals surface area contributed by atoms with Gasteiger partial charge in [0.15, 0.2) is 5.69 Å². The zero-order valence-electron chi connectivity index (χ0n) is 16.4. The Hall–Kier alpha value is -3.68. The van der Waals surface area contributed by atoms with Crippen LogP contribution in [0.15, 0.2) is 48.5 Å². The lowest BCUT2D eigenvalue weighted by molar-refractivity contribution is 0.0843. The number of carbonyl (C=O) groups is 2. The lowest BCUT2D eigenvalue weighted by Crippen LogP contribution is -2.42. The quantitative estimate of drug-likeness (QED) is 0.636. The summed E-state index contributed by atoms with van der Waals surface area (Å²) >= 11 is 0. The van der Waals surface area contributed by atoms with E-state index in [0.717, 1.165) is 30.5 Å². The van der Waals surface area contributed by atoms with Gasteiger partial charge in [-0.05, 0) is 74.7 Å². The number of hydrogen-bond acceptors (Lipinski definition) is 4. The molecule has 8 heteroatoms. The molecule has 1 aromatic heterocycles. The van der Waals surface area contributed by atoms with Gasteiger partial charge in [0.2, 0.25) is 0 Å². The van der Waals surface area contributed by atoms with Crippen molar-refractivity contribution < 1.29 is 18.7 Å². The normalized spacial score (nSPS) is 12.3. The number of hydrazine groups is 1. The molecule has 2 aromatic carbocycles. The molecule has 3 aromatic rings. The molecule has 0 saturated heterocycles. The fraction of sp³-hybridized carbons (Fsp3) is 0.227. The molecular formula is C22H21FN4O3. The van der Waals surface area contributed by atoms with Gasteiger partial charge in [-0.2, -0.15) is 5.10 Å². The topological polar surface area (TPSA) is 85.2 Å². The first kappa shape index (κ1) is 19.6. The van der Waals surface area contributed by atoms with E-state index >= 15 is 0 Å². The number of carbonyl (C=O) groups excluding carboxylic acids is 2. The highest BCUT2D eigenvalue weighted by atomic mass is 19.1. The molecule has 0 unspecified atom stereocenters. The third-order valence-corrected chi connectivity index (χ3v) is 4.93. The minimum absolute atomic E-state index is 0.263. The summed E-state index contributed by atoms with van der Waals surface area (Å²) in [5.74, 6) is -0.605.